The van der Waals surface area contributed by atoms with Gasteiger partial charge < -0.3 is 9.47 Å². The van der Waals surface area contributed by atoms with Crippen LogP contribution in [0.3, 0.4) is 0 Å². The molecule has 1 saturated heterocycles. The lowest BCUT2D eigenvalue weighted by atomic mass is 9.85. The van der Waals surface area contributed by atoms with Crippen molar-refractivity contribution in [2.45, 2.75) is 19.4 Å². The zero-order chi connectivity index (χ0) is 20.9. The Balaban J connectivity index is 1.52. The second kappa shape index (κ2) is 7.46. The molecule has 1 aromatic rings. The average molecular weight is 437 g/mol. The van der Waals surface area contributed by atoms with E-state index in [0.717, 1.165) is 11.4 Å². The van der Waals surface area contributed by atoms with Gasteiger partial charge in [0.2, 0.25) is 0 Å². The van der Waals surface area contributed by atoms with E-state index in [2.05, 4.69) is 9.84 Å². The van der Waals surface area contributed by atoms with Crippen LogP contribution in [-0.2, 0) is 19.1 Å². The molecule has 2 bridgehead atoms. The van der Waals surface area contributed by atoms with Crippen LogP contribution in [0.1, 0.15) is 18.9 Å². The van der Waals surface area contributed by atoms with Gasteiger partial charge in [-0.3, -0.25) is 9.59 Å². The maximum Gasteiger partial charge on any atom is 0.346 e. The molecule has 0 aromatic heterocycles. The number of hydrazone groups is 1. The maximum absolute atomic E-state index is 12.7. The molecule has 9 heteroatoms. The predicted octanol–water partition coefficient (Wildman–Crippen LogP) is 3.07. The van der Waals surface area contributed by atoms with Crippen molar-refractivity contribution < 1.29 is 23.9 Å². The van der Waals surface area contributed by atoms with Gasteiger partial charge in [-0.25, -0.2) is 4.79 Å². The molecule has 2 aliphatic carbocycles. The van der Waals surface area contributed by atoms with Crippen LogP contribution in [0, 0.1) is 23.7 Å². The number of halogens is 2. The molecule has 2 fully saturated rings. The number of benzene rings is 1. The van der Waals surface area contributed by atoms with Crippen LogP contribution < -0.4 is 4.74 Å². The van der Waals surface area contributed by atoms with Gasteiger partial charge in [0.25, 0.3) is 11.8 Å². The molecule has 4 rings (SSSR count). The van der Waals surface area contributed by atoms with Crippen molar-refractivity contribution in [1.29, 1.82) is 0 Å². The van der Waals surface area contributed by atoms with Crippen molar-refractivity contribution in [3.05, 3.63) is 39.9 Å². The van der Waals surface area contributed by atoms with E-state index < -0.39 is 12.1 Å². The Kier molecular flexibility index (Phi) is 5.12. The highest BCUT2D eigenvalue weighted by molar-refractivity contribution is 6.37. The molecule has 152 valence electrons. The van der Waals surface area contributed by atoms with E-state index in [4.69, 9.17) is 27.9 Å². The van der Waals surface area contributed by atoms with Gasteiger partial charge in [-0.15, -0.1) is 0 Å². The Morgan fingerprint density at radius 1 is 1.17 bits per heavy atom. The maximum atomic E-state index is 12.7. The highest BCUT2D eigenvalue weighted by atomic mass is 35.5. The lowest BCUT2D eigenvalue weighted by Crippen LogP contribution is -2.28. The molecule has 3 aliphatic rings. The molecule has 2 amide bonds. The van der Waals surface area contributed by atoms with Crippen LogP contribution in [0.25, 0.3) is 0 Å². The van der Waals surface area contributed by atoms with Gasteiger partial charge in [-0.05, 0) is 42.9 Å². The fourth-order valence-electron chi connectivity index (χ4n) is 4.28. The Labute approximate surface area is 177 Å². The van der Waals surface area contributed by atoms with E-state index >= 15 is 0 Å². The standard InChI is InChI=1S/C20H18Cl2N2O5/c1-9(20(27)28-2)29-17-13(21)5-10(6-14(17)22)8-23-24-18(25)15-11-3-4-12(7-11)16(15)19(24)26/h3-6,8-9,11-12,15-16H,7H2,1-2H3/t9-,11+,12+,15-,16+/m1/s1. The molecule has 5 atom stereocenters. The van der Waals surface area contributed by atoms with Gasteiger partial charge in [0, 0.05) is 0 Å². The zero-order valence-electron chi connectivity index (χ0n) is 15.7. The highest BCUT2D eigenvalue weighted by Gasteiger charge is 2.59. The topological polar surface area (TPSA) is 85.3 Å². The Morgan fingerprint density at radius 3 is 2.24 bits per heavy atom. The number of fused-ring (bicyclic) bond motifs is 5. The number of nitrogens with zero attached hydrogens (tertiary/aromatic N) is 2. The van der Waals surface area contributed by atoms with Crippen molar-refractivity contribution >= 4 is 47.2 Å². The van der Waals surface area contributed by atoms with Gasteiger partial charge in [0.05, 0.1) is 35.2 Å². The lowest BCUT2D eigenvalue weighted by molar-refractivity contribution is -0.148. The van der Waals surface area contributed by atoms with Crippen molar-refractivity contribution in [2.24, 2.45) is 28.8 Å². The Hall–Kier alpha value is -2.38. The van der Waals surface area contributed by atoms with E-state index in [1.54, 1.807) is 0 Å². The first-order valence-corrected chi connectivity index (χ1v) is 9.91. The number of hydrogen-bond donors (Lipinski definition) is 0. The minimum atomic E-state index is -0.891. The van der Waals surface area contributed by atoms with Crippen LogP contribution >= 0.6 is 23.2 Å². The molecule has 1 saturated carbocycles. The van der Waals surface area contributed by atoms with E-state index in [0.29, 0.717) is 5.56 Å². The van der Waals surface area contributed by atoms with Crippen molar-refractivity contribution in [3.63, 3.8) is 0 Å². The van der Waals surface area contributed by atoms with E-state index in [1.165, 1.54) is 32.4 Å². The lowest BCUT2D eigenvalue weighted by Gasteiger charge is -2.15. The number of allylic oxidation sites excluding steroid dienone is 2. The summed E-state index contributed by atoms with van der Waals surface area (Å²) in [5, 5.41) is 5.37. The number of imide groups is 1. The Bertz CT molecular complexity index is 907. The third-order valence-corrected chi connectivity index (χ3v) is 6.18. The normalized spacial score (nSPS) is 28.3. The van der Waals surface area contributed by atoms with Gasteiger partial charge in [0.1, 0.15) is 0 Å². The molecular formula is C20H18Cl2N2O5. The van der Waals surface area contributed by atoms with Crippen molar-refractivity contribution in [1.82, 2.24) is 5.01 Å². The van der Waals surface area contributed by atoms with Crippen LogP contribution in [0.5, 0.6) is 5.75 Å². The second-order valence-corrected chi connectivity index (χ2v) is 8.14. The van der Waals surface area contributed by atoms with Crippen LogP contribution in [0.2, 0.25) is 10.0 Å². The largest absolute Gasteiger partial charge is 0.476 e. The SMILES string of the molecule is COC(=O)[C@@H](C)Oc1c(Cl)cc(C=NN2C(=O)[C@@H]3[C@H](C2=O)[C@H]2C=C[C@H]3C2)cc1Cl. The van der Waals surface area contributed by atoms with Gasteiger partial charge in [-0.2, -0.15) is 10.1 Å². The van der Waals surface area contributed by atoms with Crippen molar-refractivity contribution in [3.8, 4) is 5.75 Å². The quantitative estimate of drug-likeness (QED) is 0.306. The van der Waals surface area contributed by atoms with Crippen LogP contribution in [0.4, 0.5) is 0 Å². The van der Waals surface area contributed by atoms with Gasteiger partial charge in [0.15, 0.2) is 11.9 Å². The molecule has 1 aliphatic heterocycles. The molecule has 7 nitrogen and oxygen atoms in total. The summed E-state index contributed by atoms with van der Waals surface area (Å²) >= 11 is 12.4. The zero-order valence-corrected chi connectivity index (χ0v) is 17.2. The van der Waals surface area contributed by atoms with E-state index in [1.807, 2.05) is 12.2 Å². The minimum absolute atomic E-state index is 0.124. The summed E-state index contributed by atoms with van der Waals surface area (Å²) in [6, 6.07) is 3.04. The third-order valence-electron chi connectivity index (χ3n) is 5.62. The first kappa shape index (κ1) is 19.9. The number of carbonyl (C=O) groups excluding carboxylic acids is 3. The van der Waals surface area contributed by atoms with E-state index in [9.17, 15) is 14.4 Å². The smallest absolute Gasteiger partial charge is 0.346 e. The monoisotopic (exact) mass is 436 g/mol. The first-order chi connectivity index (χ1) is 13.8. The molecule has 0 spiro atoms. The fraction of sp³-hybridized carbons (Fsp3) is 0.400. The summed E-state index contributed by atoms with van der Waals surface area (Å²) in [7, 11) is 1.25. The molecular weight excluding hydrogens is 419 g/mol. The predicted molar refractivity (Wildman–Crippen MR) is 106 cm³/mol. The summed E-state index contributed by atoms with van der Waals surface area (Å²) < 4.78 is 10.1. The summed E-state index contributed by atoms with van der Waals surface area (Å²) in [5.41, 5.74) is 0.483. The van der Waals surface area contributed by atoms with E-state index in [-0.39, 0.29) is 51.3 Å². The highest BCUT2D eigenvalue weighted by Crippen LogP contribution is 2.52. The average Bonchev–Trinajstić information content (AvgIpc) is 3.36. The van der Waals surface area contributed by atoms with Crippen LogP contribution in [0.15, 0.2) is 29.4 Å². The molecule has 1 heterocycles. The number of amides is 2. The molecule has 0 radical (unpaired) electrons. The van der Waals surface area contributed by atoms with Crippen LogP contribution in [-0.4, -0.2) is 42.2 Å². The summed E-state index contributed by atoms with van der Waals surface area (Å²) in [6.45, 7) is 1.51. The number of hydrogen-bond acceptors (Lipinski definition) is 6. The number of ether oxygens (including phenoxy) is 2. The molecule has 0 N–H and O–H groups in total. The minimum Gasteiger partial charge on any atom is -0.476 e. The number of carbonyl (C=O) groups is 3. The Morgan fingerprint density at radius 2 is 1.72 bits per heavy atom. The molecule has 0 unspecified atom stereocenters. The summed E-state index contributed by atoms with van der Waals surface area (Å²) in [6.07, 6.45) is 5.38. The number of rotatable bonds is 5. The van der Waals surface area contributed by atoms with Gasteiger partial charge >= 0.3 is 5.97 Å². The third kappa shape index (κ3) is 3.32. The number of esters is 1. The fourth-order valence-corrected chi connectivity index (χ4v) is 4.88. The first-order valence-electron chi connectivity index (χ1n) is 9.15. The second-order valence-electron chi connectivity index (χ2n) is 7.33. The summed E-state index contributed by atoms with van der Waals surface area (Å²) in [4.78, 5) is 36.8. The molecule has 1 aromatic carbocycles. The molecule has 29 heavy (non-hydrogen) atoms. The number of methoxy groups -OCH3 is 1. The van der Waals surface area contributed by atoms with Gasteiger partial charge in [-0.1, -0.05) is 35.4 Å². The van der Waals surface area contributed by atoms with Crippen molar-refractivity contribution in [2.75, 3.05) is 7.11 Å². The summed E-state index contributed by atoms with van der Waals surface area (Å²) in [5.74, 6) is -1.33.